The van der Waals surface area contributed by atoms with Gasteiger partial charge in [-0.1, -0.05) is 38.2 Å². The van der Waals surface area contributed by atoms with Gasteiger partial charge in [0.05, 0.1) is 6.54 Å². The lowest BCUT2D eigenvalue weighted by Gasteiger charge is -2.33. The Balaban J connectivity index is 1.81. The van der Waals surface area contributed by atoms with E-state index < -0.39 is 5.97 Å². The fraction of sp³-hybridized carbons (Fsp3) is 0.682. The zero-order valence-corrected chi connectivity index (χ0v) is 16.2. The summed E-state index contributed by atoms with van der Waals surface area (Å²) in [6.45, 7) is 8.44. The molecule has 2 aliphatic heterocycles. The maximum atomic E-state index is 11.4. The summed E-state index contributed by atoms with van der Waals surface area (Å²) < 4.78 is 0. The van der Waals surface area contributed by atoms with Crippen molar-refractivity contribution < 1.29 is 9.90 Å². The normalized spacial score (nSPS) is 29.3. The van der Waals surface area contributed by atoms with Gasteiger partial charge in [-0.2, -0.15) is 0 Å². The molecule has 2 fully saturated rings. The lowest BCUT2D eigenvalue weighted by atomic mass is 9.80. The number of hydrogen-bond acceptors (Lipinski definition) is 3. The van der Waals surface area contributed by atoms with E-state index in [1.807, 2.05) is 0 Å². The monoisotopic (exact) mass is 356 g/mol. The topological polar surface area (TPSA) is 43.8 Å². The molecular weight excluding hydrogens is 324 g/mol. The number of fused-ring (bicyclic) bond motifs is 5. The van der Waals surface area contributed by atoms with Crippen LogP contribution in [0.15, 0.2) is 23.3 Å². The van der Waals surface area contributed by atoms with Gasteiger partial charge in [0.15, 0.2) is 0 Å². The number of aliphatic carboxylic acids is 1. The molecule has 3 aliphatic rings. The van der Waals surface area contributed by atoms with E-state index in [1.54, 1.807) is 0 Å². The van der Waals surface area contributed by atoms with Crippen molar-refractivity contribution in [3.05, 3.63) is 23.3 Å². The van der Waals surface area contributed by atoms with Gasteiger partial charge in [0.2, 0.25) is 0 Å². The van der Waals surface area contributed by atoms with Gasteiger partial charge < -0.3 is 5.11 Å². The predicted molar refractivity (Wildman–Crippen MR) is 105 cm³/mol. The summed E-state index contributed by atoms with van der Waals surface area (Å²) in [7, 11) is 0. The fourth-order valence-electron chi connectivity index (χ4n) is 4.94. The number of allylic oxidation sites excluding steroid dienone is 1. The second-order valence-corrected chi connectivity index (χ2v) is 7.81. The highest BCUT2D eigenvalue weighted by atomic mass is 16.4. The van der Waals surface area contributed by atoms with Crippen LogP contribution >= 0.6 is 0 Å². The van der Waals surface area contributed by atoms with Crippen molar-refractivity contribution in [3.8, 4) is 11.8 Å². The Morgan fingerprint density at radius 1 is 1.35 bits per heavy atom. The third-order valence-electron chi connectivity index (χ3n) is 5.93. The summed E-state index contributed by atoms with van der Waals surface area (Å²) in [6, 6.07) is 0.953. The molecule has 0 aromatic carbocycles. The van der Waals surface area contributed by atoms with Gasteiger partial charge in [-0.25, -0.2) is 4.79 Å². The van der Waals surface area contributed by atoms with Gasteiger partial charge in [-0.15, -0.1) is 0 Å². The molecule has 2 bridgehead atoms. The van der Waals surface area contributed by atoms with E-state index in [4.69, 9.17) is 0 Å². The molecule has 3 unspecified atom stereocenters. The Hall–Kier alpha value is -1.57. The Bertz CT molecular complexity index is 634. The van der Waals surface area contributed by atoms with Crippen LogP contribution in [0.25, 0.3) is 0 Å². The molecule has 1 N–H and O–H groups in total. The van der Waals surface area contributed by atoms with Crippen LogP contribution in [-0.2, 0) is 4.79 Å². The van der Waals surface area contributed by atoms with Crippen LogP contribution in [0.4, 0.5) is 0 Å². The third-order valence-corrected chi connectivity index (χ3v) is 5.93. The highest BCUT2D eigenvalue weighted by Gasteiger charge is 2.46. The standard InChI is InChI=1S/C22H32N2O2/c1-3-10-23(11-4-2)12-7-8-17-14-18-15-20(19(17)16-22(25)26)21-9-5-6-13-24(18)21/h14,16,18,20-21H,3-6,9-13,15H2,1-2H3,(H,25,26). The first kappa shape index (κ1) is 19.2. The number of carboxylic acids is 1. The molecule has 3 rings (SSSR count). The fourth-order valence-corrected chi connectivity index (χ4v) is 4.94. The van der Waals surface area contributed by atoms with Crippen LogP contribution in [0, 0.1) is 17.8 Å². The largest absolute Gasteiger partial charge is 0.478 e. The second kappa shape index (κ2) is 8.88. The number of piperidine rings is 1. The van der Waals surface area contributed by atoms with E-state index in [-0.39, 0.29) is 0 Å². The lowest BCUT2D eigenvalue weighted by molar-refractivity contribution is -0.131. The molecule has 4 heteroatoms. The van der Waals surface area contributed by atoms with Gasteiger partial charge in [0, 0.05) is 29.7 Å². The van der Waals surface area contributed by atoms with Gasteiger partial charge in [-0.3, -0.25) is 9.80 Å². The number of rotatable bonds is 6. The zero-order valence-electron chi connectivity index (χ0n) is 16.2. The van der Waals surface area contributed by atoms with Crippen molar-refractivity contribution in [2.75, 3.05) is 26.2 Å². The molecule has 0 aromatic heterocycles. The van der Waals surface area contributed by atoms with E-state index in [0.29, 0.717) is 18.0 Å². The van der Waals surface area contributed by atoms with Crippen LogP contribution < -0.4 is 0 Å². The first-order chi connectivity index (χ1) is 12.6. The SMILES string of the molecule is CCCN(CC#CC1=CC2CC(C1=CC(=O)O)C1CCCCN21)CCC. The van der Waals surface area contributed by atoms with Gasteiger partial charge in [0.1, 0.15) is 0 Å². The average Bonchev–Trinajstić information content (AvgIpc) is 2.92. The van der Waals surface area contributed by atoms with Crippen molar-refractivity contribution in [1.29, 1.82) is 0 Å². The van der Waals surface area contributed by atoms with Crippen LogP contribution in [0.3, 0.4) is 0 Å². The minimum Gasteiger partial charge on any atom is -0.478 e. The number of carbonyl (C=O) groups is 1. The van der Waals surface area contributed by atoms with Gasteiger partial charge >= 0.3 is 5.97 Å². The van der Waals surface area contributed by atoms with Crippen LogP contribution in [-0.4, -0.2) is 59.1 Å². The molecule has 0 amide bonds. The molecule has 142 valence electrons. The molecule has 0 saturated carbocycles. The van der Waals surface area contributed by atoms with Crippen LogP contribution in [0.1, 0.15) is 52.4 Å². The number of hydrogen-bond donors (Lipinski definition) is 1. The van der Waals surface area contributed by atoms with Crippen molar-refractivity contribution in [2.24, 2.45) is 5.92 Å². The Kier molecular flexibility index (Phi) is 6.56. The summed E-state index contributed by atoms with van der Waals surface area (Å²) in [5, 5.41) is 9.39. The van der Waals surface area contributed by atoms with Crippen molar-refractivity contribution in [2.45, 2.75) is 64.5 Å². The Morgan fingerprint density at radius 3 is 2.81 bits per heavy atom. The van der Waals surface area contributed by atoms with Crippen LogP contribution in [0.5, 0.6) is 0 Å². The van der Waals surface area contributed by atoms with Crippen molar-refractivity contribution in [3.63, 3.8) is 0 Å². The van der Waals surface area contributed by atoms with E-state index in [1.165, 1.54) is 25.3 Å². The Labute approximate surface area is 157 Å². The number of carboxylic acid groups (broad SMARTS) is 1. The average molecular weight is 357 g/mol. The summed E-state index contributed by atoms with van der Waals surface area (Å²) in [5.74, 6) is 6.17. The second-order valence-electron chi connectivity index (χ2n) is 7.81. The van der Waals surface area contributed by atoms with E-state index in [2.05, 4.69) is 41.6 Å². The minimum absolute atomic E-state index is 0.341. The first-order valence-electron chi connectivity index (χ1n) is 10.3. The summed E-state index contributed by atoms with van der Waals surface area (Å²) in [6.07, 6.45) is 10.7. The summed E-state index contributed by atoms with van der Waals surface area (Å²) >= 11 is 0. The van der Waals surface area contributed by atoms with Gasteiger partial charge in [0.25, 0.3) is 0 Å². The molecular formula is C22H32N2O2. The maximum absolute atomic E-state index is 11.4. The minimum atomic E-state index is -0.848. The van der Waals surface area contributed by atoms with E-state index >= 15 is 0 Å². The molecule has 2 saturated heterocycles. The molecule has 26 heavy (non-hydrogen) atoms. The molecule has 0 spiro atoms. The molecule has 2 heterocycles. The van der Waals surface area contributed by atoms with Gasteiger partial charge in [-0.05, 0) is 57.3 Å². The maximum Gasteiger partial charge on any atom is 0.328 e. The molecule has 1 aliphatic carbocycles. The Morgan fingerprint density at radius 2 is 2.12 bits per heavy atom. The molecule has 4 nitrogen and oxygen atoms in total. The van der Waals surface area contributed by atoms with E-state index in [9.17, 15) is 9.90 Å². The highest BCUT2D eigenvalue weighted by Crippen LogP contribution is 2.46. The lowest BCUT2D eigenvalue weighted by Crippen LogP contribution is -2.39. The smallest absolute Gasteiger partial charge is 0.328 e. The van der Waals surface area contributed by atoms with E-state index in [0.717, 1.165) is 56.6 Å². The summed E-state index contributed by atoms with van der Waals surface area (Å²) in [5.41, 5.74) is 1.93. The highest BCUT2D eigenvalue weighted by molar-refractivity contribution is 5.82. The molecule has 0 radical (unpaired) electrons. The molecule has 0 aromatic rings. The summed E-state index contributed by atoms with van der Waals surface area (Å²) in [4.78, 5) is 16.4. The zero-order chi connectivity index (χ0) is 18.5. The molecule has 3 atom stereocenters. The number of nitrogens with zero attached hydrogens (tertiary/aromatic N) is 2. The predicted octanol–water partition coefficient (Wildman–Crippen LogP) is 3.31. The third kappa shape index (κ3) is 4.22. The van der Waals surface area contributed by atoms with Crippen molar-refractivity contribution in [1.82, 2.24) is 9.80 Å². The van der Waals surface area contributed by atoms with Crippen molar-refractivity contribution >= 4 is 5.97 Å². The first-order valence-corrected chi connectivity index (χ1v) is 10.3. The van der Waals surface area contributed by atoms with Crippen LogP contribution in [0.2, 0.25) is 0 Å². The quantitative estimate of drug-likeness (QED) is 0.586.